The summed E-state index contributed by atoms with van der Waals surface area (Å²) in [6.07, 6.45) is 13.8. The van der Waals surface area contributed by atoms with Crippen LogP contribution in [0.1, 0.15) is 112 Å². The quantitative estimate of drug-likeness (QED) is 0.266. The van der Waals surface area contributed by atoms with Crippen molar-refractivity contribution in [2.45, 2.75) is 118 Å². The second-order valence-corrected chi connectivity index (χ2v) is 13.3. The van der Waals surface area contributed by atoms with Gasteiger partial charge in [0.15, 0.2) is 0 Å². The SMILES string of the molecule is CC(=O)O[C@H]1CC[C@]2(C)C3CC[C@@]4(C)C(CC[C@@H]4[C@H](C)CCCC(C)C)C3C/C(=N/N)[C@H]2C1. The molecule has 0 radical (unpaired) electrons. The molecule has 0 aliphatic heterocycles. The van der Waals surface area contributed by atoms with E-state index in [9.17, 15) is 4.79 Å². The van der Waals surface area contributed by atoms with E-state index in [1.165, 1.54) is 57.6 Å². The predicted molar refractivity (Wildman–Crippen MR) is 136 cm³/mol. The van der Waals surface area contributed by atoms with Gasteiger partial charge in [0, 0.05) is 18.6 Å². The molecule has 4 aliphatic rings. The maximum atomic E-state index is 11.6. The van der Waals surface area contributed by atoms with E-state index >= 15 is 0 Å². The van der Waals surface area contributed by atoms with Crippen molar-refractivity contribution >= 4 is 11.7 Å². The van der Waals surface area contributed by atoms with Gasteiger partial charge in [0.25, 0.3) is 0 Å². The number of ether oxygens (including phenoxy) is 1. The van der Waals surface area contributed by atoms with Gasteiger partial charge in [0.1, 0.15) is 6.10 Å². The molecule has 4 heteroatoms. The van der Waals surface area contributed by atoms with Crippen LogP contribution in [0, 0.1) is 52.3 Å². The van der Waals surface area contributed by atoms with Gasteiger partial charge in [-0.05, 0) is 97.7 Å². The fourth-order valence-corrected chi connectivity index (χ4v) is 9.54. The van der Waals surface area contributed by atoms with Crippen LogP contribution in [-0.2, 0) is 9.53 Å². The highest BCUT2D eigenvalue weighted by Crippen LogP contribution is 2.68. The number of rotatable bonds is 6. The van der Waals surface area contributed by atoms with Crippen LogP contribution in [0.3, 0.4) is 0 Å². The van der Waals surface area contributed by atoms with E-state index in [2.05, 4.69) is 39.7 Å². The molecule has 4 nitrogen and oxygen atoms in total. The van der Waals surface area contributed by atoms with E-state index in [4.69, 9.17) is 10.6 Å². The Labute approximate surface area is 202 Å². The summed E-state index contributed by atoms with van der Waals surface area (Å²) >= 11 is 0. The van der Waals surface area contributed by atoms with Gasteiger partial charge in [-0.1, -0.05) is 53.9 Å². The summed E-state index contributed by atoms with van der Waals surface area (Å²) in [6.45, 7) is 14.0. The first-order valence-electron chi connectivity index (χ1n) is 14.0. The first-order chi connectivity index (χ1) is 15.6. The van der Waals surface area contributed by atoms with Crippen molar-refractivity contribution in [3.63, 3.8) is 0 Å². The number of hydrogen-bond acceptors (Lipinski definition) is 4. The summed E-state index contributed by atoms with van der Waals surface area (Å²) in [4.78, 5) is 11.6. The average Bonchev–Trinajstić information content (AvgIpc) is 3.10. The summed E-state index contributed by atoms with van der Waals surface area (Å²) in [6, 6.07) is 0. The van der Waals surface area contributed by atoms with Crippen molar-refractivity contribution in [3.05, 3.63) is 0 Å². The number of hydrazone groups is 1. The van der Waals surface area contributed by atoms with E-state index in [0.717, 1.165) is 61.2 Å². The molecular formula is C29H50N2O2. The van der Waals surface area contributed by atoms with Gasteiger partial charge in [0.2, 0.25) is 0 Å². The lowest BCUT2D eigenvalue weighted by molar-refractivity contribution is -0.153. The molecule has 0 heterocycles. The summed E-state index contributed by atoms with van der Waals surface area (Å²) in [5, 5.41) is 4.41. The lowest BCUT2D eigenvalue weighted by atomic mass is 9.44. The van der Waals surface area contributed by atoms with Crippen LogP contribution in [0.5, 0.6) is 0 Å². The first-order valence-corrected chi connectivity index (χ1v) is 14.0. The van der Waals surface area contributed by atoms with Gasteiger partial charge in [-0.25, -0.2) is 0 Å². The third kappa shape index (κ3) is 4.49. The maximum Gasteiger partial charge on any atom is 0.302 e. The maximum absolute atomic E-state index is 11.6. The van der Waals surface area contributed by atoms with Crippen LogP contribution in [0.2, 0.25) is 0 Å². The van der Waals surface area contributed by atoms with Crippen LogP contribution >= 0.6 is 0 Å². The lowest BCUT2D eigenvalue weighted by Crippen LogP contribution is -2.57. The van der Waals surface area contributed by atoms with Crippen molar-refractivity contribution in [1.29, 1.82) is 0 Å². The molecule has 33 heavy (non-hydrogen) atoms. The van der Waals surface area contributed by atoms with Crippen molar-refractivity contribution in [2.75, 3.05) is 0 Å². The van der Waals surface area contributed by atoms with Gasteiger partial charge in [-0.15, -0.1) is 0 Å². The largest absolute Gasteiger partial charge is 0.463 e. The van der Waals surface area contributed by atoms with Gasteiger partial charge >= 0.3 is 5.97 Å². The van der Waals surface area contributed by atoms with Crippen LogP contribution in [-0.4, -0.2) is 17.8 Å². The molecule has 0 bridgehead atoms. The highest BCUT2D eigenvalue weighted by Gasteiger charge is 2.62. The second kappa shape index (κ2) is 9.53. The van der Waals surface area contributed by atoms with Crippen LogP contribution in [0.4, 0.5) is 0 Å². The van der Waals surface area contributed by atoms with Crippen molar-refractivity contribution in [3.8, 4) is 0 Å². The number of hydrogen-bond donors (Lipinski definition) is 1. The van der Waals surface area contributed by atoms with E-state index in [-0.39, 0.29) is 17.5 Å². The Kier molecular flexibility index (Phi) is 7.23. The molecule has 188 valence electrons. The van der Waals surface area contributed by atoms with Gasteiger partial charge in [0.05, 0.1) is 0 Å². The molecular weight excluding hydrogens is 408 g/mol. The molecule has 3 unspecified atom stereocenters. The Morgan fingerprint density at radius 2 is 1.76 bits per heavy atom. The molecule has 4 rings (SSSR count). The van der Waals surface area contributed by atoms with Crippen LogP contribution in [0.15, 0.2) is 5.10 Å². The number of carbonyl (C=O) groups is 1. The molecule has 9 atom stereocenters. The highest BCUT2D eigenvalue weighted by atomic mass is 16.5. The van der Waals surface area contributed by atoms with Crippen molar-refractivity contribution in [1.82, 2.24) is 0 Å². The minimum Gasteiger partial charge on any atom is -0.463 e. The molecule has 2 N–H and O–H groups in total. The molecule has 4 fully saturated rings. The lowest BCUT2D eigenvalue weighted by Gasteiger charge is -2.61. The average molecular weight is 459 g/mol. The summed E-state index contributed by atoms with van der Waals surface area (Å²) in [7, 11) is 0. The Bertz CT molecular complexity index is 748. The molecule has 0 aromatic heterocycles. The molecule has 0 aromatic rings. The highest BCUT2D eigenvalue weighted by molar-refractivity contribution is 5.88. The third-order valence-corrected chi connectivity index (χ3v) is 11.1. The fourth-order valence-electron chi connectivity index (χ4n) is 9.54. The van der Waals surface area contributed by atoms with Gasteiger partial charge in [-0.2, -0.15) is 5.10 Å². The first kappa shape index (κ1) is 25.0. The second-order valence-electron chi connectivity index (χ2n) is 13.3. The zero-order valence-corrected chi connectivity index (χ0v) is 22.2. The van der Waals surface area contributed by atoms with Crippen LogP contribution in [0.25, 0.3) is 0 Å². The Morgan fingerprint density at radius 3 is 2.42 bits per heavy atom. The van der Waals surface area contributed by atoms with Crippen molar-refractivity contribution in [2.24, 2.45) is 63.2 Å². The monoisotopic (exact) mass is 458 g/mol. The third-order valence-electron chi connectivity index (χ3n) is 11.1. The Morgan fingerprint density at radius 1 is 1.06 bits per heavy atom. The van der Waals surface area contributed by atoms with E-state index in [1.54, 1.807) is 0 Å². The van der Waals surface area contributed by atoms with E-state index in [0.29, 0.717) is 11.3 Å². The number of carbonyl (C=O) groups excluding carboxylic acids is 1. The van der Waals surface area contributed by atoms with E-state index < -0.39 is 0 Å². The molecule has 0 aromatic carbocycles. The number of fused-ring (bicyclic) bond motifs is 5. The Hall–Kier alpha value is -1.06. The molecule has 4 aliphatic carbocycles. The summed E-state index contributed by atoms with van der Waals surface area (Å²) in [5.74, 6) is 11.1. The smallest absolute Gasteiger partial charge is 0.302 e. The molecule has 0 amide bonds. The summed E-state index contributed by atoms with van der Waals surface area (Å²) < 4.78 is 5.65. The number of nitrogens with two attached hydrogens (primary N) is 1. The van der Waals surface area contributed by atoms with Gasteiger partial charge in [-0.3, -0.25) is 4.79 Å². The molecule has 4 saturated carbocycles. The van der Waals surface area contributed by atoms with Gasteiger partial charge < -0.3 is 10.6 Å². The fraction of sp³-hybridized carbons (Fsp3) is 0.931. The van der Waals surface area contributed by atoms with E-state index in [1.807, 2.05) is 0 Å². The Balaban J connectivity index is 1.51. The zero-order chi connectivity index (χ0) is 24.0. The van der Waals surface area contributed by atoms with Crippen LogP contribution < -0.4 is 5.84 Å². The standard InChI is InChI=1S/C29H50N2O2/c1-18(2)8-7-9-19(3)23-10-11-24-22-17-27(31-30)26-16-21(33-20(4)32)12-14-29(26,6)25(22)13-15-28(23,24)5/h18-19,21-26H,7-17,30H2,1-6H3/b31-27-/t19-,21+,22?,23-,24?,25?,26-,28-,29-/m1/s1. The summed E-state index contributed by atoms with van der Waals surface area (Å²) in [5.41, 5.74) is 1.95. The topological polar surface area (TPSA) is 64.7 Å². The molecule has 0 saturated heterocycles. The predicted octanol–water partition coefficient (Wildman–Crippen LogP) is 6.96. The molecule has 0 spiro atoms. The normalized spacial score (nSPS) is 44.8. The number of esters is 1. The minimum absolute atomic E-state index is 0.0327. The zero-order valence-electron chi connectivity index (χ0n) is 22.2. The van der Waals surface area contributed by atoms with Crippen molar-refractivity contribution < 1.29 is 9.53 Å². The minimum atomic E-state index is -0.156. The number of nitrogens with zero attached hydrogens (tertiary/aromatic N) is 1.